The molecule has 0 unspecified atom stereocenters. The summed E-state index contributed by atoms with van der Waals surface area (Å²) in [6.07, 6.45) is 5.36. The molecule has 2 N–H and O–H groups in total. The van der Waals surface area contributed by atoms with Gasteiger partial charge in [0.2, 0.25) is 0 Å². The normalized spacial score (nSPS) is 11.2. The van der Waals surface area contributed by atoms with Gasteiger partial charge in [0.05, 0.1) is 12.8 Å². The van der Waals surface area contributed by atoms with E-state index in [1.54, 1.807) is 19.5 Å². The summed E-state index contributed by atoms with van der Waals surface area (Å²) in [5.74, 6) is 0.839. The molecule has 5 heteroatoms. The average molecular weight is 264 g/mol. The third kappa shape index (κ3) is 1.56. The number of aromatic amines is 2. The molecule has 3 aromatic heterocycles. The predicted molar refractivity (Wildman–Crippen MR) is 77.7 cm³/mol. The highest BCUT2D eigenvalue weighted by atomic mass is 16.5. The molecule has 0 bridgehead atoms. The van der Waals surface area contributed by atoms with Crippen molar-refractivity contribution in [3.63, 3.8) is 0 Å². The fraction of sp³-hybridized carbons (Fsp3) is 0.0667. The van der Waals surface area contributed by atoms with Gasteiger partial charge in [0.15, 0.2) is 5.65 Å². The van der Waals surface area contributed by atoms with Crippen LogP contribution >= 0.6 is 0 Å². The van der Waals surface area contributed by atoms with Gasteiger partial charge < -0.3 is 14.7 Å². The van der Waals surface area contributed by atoms with Gasteiger partial charge in [-0.05, 0) is 24.3 Å². The van der Waals surface area contributed by atoms with Crippen LogP contribution in [0, 0.1) is 0 Å². The van der Waals surface area contributed by atoms with Crippen LogP contribution in [0.1, 0.15) is 0 Å². The van der Waals surface area contributed by atoms with E-state index in [0.29, 0.717) is 0 Å². The summed E-state index contributed by atoms with van der Waals surface area (Å²) < 4.78 is 5.29. The second-order valence-electron chi connectivity index (χ2n) is 4.59. The summed E-state index contributed by atoms with van der Waals surface area (Å²) in [5, 5.41) is 1.11. The third-order valence-corrected chi connectivity index (χ3v) is 3.44. The number of ether oxygens (including phenoxy) is 1. The van der Waals surface area contributed by atoms with E-state index >= 15 is 0 Å². The highest BCUT2D eigenvalue weighted by Gasteiger charge is 2.10. The minimum Gasteiger partial charge on any atom is -0.497 e. The van der Waals surface area contributed by atoms with Crippen molar-refractivity contribution in [3.8, 4) is 17.0 Å². The van der Waals surface area contributed by atoms with Gasteiger partial charge in [-0.2, -0.15) is 0 Å². The first kappa shape index (κ1) is 11.0. The van der Waals surface area contributed by atoms with Gasteiger partial charge >= 0.3 is 0 Å². The topological polar surface area (TPSA) is 66.6 Å². The lowest BCUT2D eigenvalue weighted by molar-refractivity contribution is 0.415. The Hall–Kier alpha value is -2.82. The Morgan fingerprint density at radius 1 is 1.10 bits per heavy atom. The highest BCUT2D eigenvalue weighted by molar-refractivity contribution is 5.97. The van der Waals surface area contributed by atoms with Crippen LogP contribution in [0.25, 0.3) is 33.3 Å². The van der Waals surface area contributed by atoms with Crippen molar-refractivity contribution in [1.29, 1.82) is 0 Å². The van der Waals surface area contributed by atoms with Gasteiger partial charge in [-0.3, -0.25) is 4.98 Å². The average Bonchev–Trinajstić information content (AvgIpc) is 3.09. The molecule has 1 aromatic carbocycles. The zero-order chi connectivity index (χ0) is 13.5. The summed E-state index contributed by atoms with van der Waals surface area (Å²) in [4.78, 5) is 15.1. The van der Waals surface area contributed by atoms with Crippen molar-refractivity contribution in [2.45, 2.75) is 0 Å². The SMILES string of the molecule is COc1ccc2[nH]cc(-c3cc4nccnc4[nH]3)c2c1. The van der Waals surface area contributed by atoms with Crippen LogP contribution in [-0.4, -0.2) is 27.0 Å². The molecule has 4 rings (SSSR count). The lowest BCUT2D eigenvalue weighted by Gasteiger charge is -2.00. The van der Waals surface area contributed by atoms with Crippen molar-refractivity contribution in [2.24, 2.45) is 0 Å². The number of aromatic nitrogens is 4. The maximum Gasteiger partial charge on any atom is 0.156 e. The Labute approximate surface area is 114 Å². The molecule has 0 aliphatic rings. The second kappa shape index (κ2) is 4.09. The number of hydrogen-bond acceptors (Lipinski definition) is 3. The highest BCUT2D eigenvalue weighted by Crippen LogP contribution is 2.31. The maximum atomic E-state index is 5.29. The van der Waals surface area contributed by atoms with Crippen LogP contribution in [0.5, 0.6) is 5.75 Å². The van der Waals surface area contributed by atoms with E-state index in [4.69, 9.17) is 4.74 Å². The lowest BCUT2D eigenvalue weighted by atomic mass is 10.1. The molecule has 0 saturated carbocycles. The third-order valence-electron chi connectivity index (χ3n) is 3.44. The zero-order valence-corrected chi connectivity index (χ0v) is 10.8. The number of nitrogens with zero attached hydrogens (tertiary/aromatic N) is 2. The first-order valence-corrected chi connectivity index (χ1v) is 6.30. The molecule has 4 aromatic rings. The Morgan fingerprint density at radius 3 is 2.85 bits per heavy atom. The number of methoxy groups -OCH3 is 1. The smallest absolute Gasteiger partial charge is 0.156 e. The summed E-state index contributed by atoms with van der Waals surface area (Å²) in [5.41, 5.74) is 4.80. The van der Waals surface area contributed by atoms with Crippen molar-refractivity contribution in [1.82, 2.24) is 19.9 Å². The van der Waals surface area contributed by atoms with Crippen LogP contribution in [0.15, 0.2) is 42.9 Å². The van der Waals surface area contributed by atoms with Crippen LogP contribution in [-0.2, 0) is 0 Å². The molecule has 0 fully saturated rings. The van der Waals surface area contributed by atoms with Crippen LogP contribution in [0.4, 0.5) is 0 Å². The molecular formula is C15H12N4O. The monoisotopic (exact) mass is 264 g/mol. The predicted octanol–water partition coefficient (Wildman–Crippen LogP) is 3.11. The van der Waals surface area contributed by atoms with E-state index in [2.05, 4.69) is 19.9 Å². The molecular weight excluding hydrogens is 252 g/mol. The molecule has 3 heterocycles. The number of benzene rings is 1. The van der Waals surface area contributed by atoms with E-state index in [-0.39, 0.29) is 0 Å². The largest absolute Gasteiger partial charge is 0.497 e. The summed E-state index contributed by atoms with van der Waals surface area (Å²) >= 11 is 0. The summed E-state index contributed by atoms with van der Waals surface area (Å²) in [7, 11) is 1.67. The van der Waals surface area contributed by atoms with Gasteiger partial charge in [-0.1, -0.05) is 0 Å². The van der Waals surface area contributed by atoms with Crippen molar-refractivity contribution in [2.75, 3.05) is 7.11 Å². The van der Waals surface area contributed by atoms with Gasteiger partial charge in [-0.25, -0.2) is 4.98 Å². The zero-order valence-electron chi connectivity index (χ0n) is 10.8. The Bertz CT molecular complexity index is 873. The number of nitrogens with one attached hydrogen (secondary N) is 2. The van der Waals surface area contributed by atoms with E-state index in [1.165, 1.54) is 0 Å². The molecule has 0 aliphatic heterocycles. The van der Waals surface area contributed by atoms with E-state index in [9.17, 15) is 0 Å². The molecule has 98 valence electrons. The van der Waals surface area contributed by atoms with Gasteiger partial charge in [0.1, 0.15) is 11.3 Å². The van der Waals surface area contributed by atoms with Gasteiger partial charge in [0, 0.05) is 35.1 Å². The molecule has 5 nitrogen and oxygen atoms in total. The lowest BCUT2D eigenvalue weighted by Crippen LogP contribution is -1.82. The van der Waals surface area contributed by atoms with Crippen molar-refractivity contribution >= 4 is 22.1 Å². The molecule has 0 aliphatic carbocycles. The fourth-order valence-electron chi connectivity index (χ4n) is 2.45. The first-order chi connectivity index (χ1) is 9.85. The number of hydrogen-bond donors (Lipinski definition) is 2. The van der Waals surface area contributed by atoms with Gasteiger partial charge in [-0.15, -0.1) is 0 Å². The van der Waals surface area contributed by atoms with Crippen molar-refractivity contribution < 1.29 is 4.74 Å². The fourth-order valence-corrected chi connectivity index (χ4v) is 2.45. The van der Waals surface area contributed by atoms with E-state index < -0.39 is 0 Å². The standard InChI is InChI=1S/C15H12N4O/c1-20-9-2-3-12-10(6-9)11(8-18-12)13-7-14-15(19-13)17-5-4-16-14/h2-8,18H,1H3,(H,17,19). The molecule has 0 atom stereocenters. The quantitative estimate of drug-likeness (QED) is 0.584. The summed E-state index contributed by atoms with van der Waals surface area (Å²) in [6, 6.07) is 7.98. The molecule has 20 heavy (non-hydrogen) atoms. The Morgan fingerprint density at radius 2 is 2.00 bits per heavy atom. The molecule has 0 radical (unpaired) electrons. The molecule has 0 spiro atoms. The van der Waals surface area contributed by atoms with Crippen LogP contribution < -0.4 is 4.74 Å². The minimum atomic E-state index is 0.791. The van der Waals surface area contributed by atoms with Gasteiger partial charge in [0.25, 0.3) is 0 Å². The number of fused-ring (bicyclic) bond motifs is 2. The van der Waals surface area contributed by atoms with E-state index in [0.717, 1.165) is 39.1 Å². The summed E-state index contributed by atoms with van der Waals surface area (Å²) in [6.45, 7) is 0. The molecule has 0 amide bonds. The minimum absolute atomic E-state index is 0.791. The van der Waals surface area contributed by atoms with Crippen LogP contribution in [0.3, 0.4) is 0 Å². The number of H-pyrrole nitrogens is 2. The Kier molecular flexibility index (Phi) is 2.26. The molecule has 0 saturated heterocycles. The Balaban J connectivity index is 1.96. The van der Waals surface area contributed by atoms with E-state index in [1.807, 2.05) is 30.5 Å². The second-order valence-corrected chi connectivity index (χ2v) is 4.59. The first-order valence-electron chi connectivity index (χ1n) is 6.30. The number of rotatable bonds is 2. The maximum absolute atomic E-state index is 5.29. The van der Waals surface area contributed by atoms with Crippen molar-refractivity contribution in [3.05, 3.63) is 42.9 Å². The van der Waals surface area contributed by atoms with Crippen LogP contribution in [0.2, 0.25) is 0 Å².